The minimum Gasteiger partial charge on any atom is -0.480 e. The van der Waals surface area contributed by atoms with E-state index in [1.807, 2.05) is 6.92 Å². The molecule has 0 fully saturated rings. The van der Waals surface area contributed by atoms with Gasteiger partial charge in [0.15, 0.2) is 0 Å². The molecule has 25 heavy (non-hydrogen) atoms. The first-order valence-electron chi connectivity index (χ1n) is 7.73. The van der Waals surface area contributed by atoms with Crippen molar-refractivity contribution in [1.82, 2.24) is 15.1 Å². The molecule has 2 rings (SSSR count). The van der Waals surface area contributed by atoms with Crippen molar-refractivity contribution in [3.8, 4) is 5.69 Å². The van der Waals surface area contributed by atoms with Crippen molar-refractivity contribution in [1.29, 1.82) is 0 Å². The fourth-order valence-corrected chi connectivity index (χ4v) is 2.20. The lowest BCUT2D eigenvalue weighted by Crippen LogP contribution is -2.45. The molecule has 0 saturated heterocycles. The summed E-state index contributed by atoms with van der Waals surface area (Å²) in [6.45, 7) is 3.53. The summed E-state index contributed by atoms with van der Waals surface area (Å²) in [5.41, 5.74) is -0.323. The third-order valence-electron chi connectivity index (χ3n) is 3.87. The highest BCUT2D eigenvalue weighted by Gasteiger charge is 2.26. The quantitative estimate of drug-likeness (QED) is 0.826. The number of halogens is 1. The van der Waals surface area contributed by atoms with E-state index in [9.17, 15) is 23.9 Å². The van der Waals surface area contributed by atoms with Gasteiger partial charge in [0, 0.05) is 6.07 Å². The second-order valence-corrected chi connectivity index (χ2v) is 5.62. The monoisotopic (exact) mass is 347 g/mol. The van der Waals surface area contributed by atoms with Gasteiger partial charge in [-0.3, -0.25) is 9.59 Å². The van der Waals surface area contributed by atoms with E-state index in [4.69, 9.17) is 0 Å². The van der Waals surface area contributed by atoms with Gasteiger partial charge in [0.1, 0.15) is 17.6 Å². The molecule has 2 atom stereocenters. The molecule has 0 aliphatic carbocycles. The zero-order valence-electron chi connectivity index (χ0n) is 13.8. The van der Waals surface area contributed by atoms with E-state index >= 15 is 0 Å². The van der Waals surface area contributed by atoms with Crippen LogP contribution < -0.4 is 10.9 Å². The predicted octanol–water partition coefficient (Wildman–Crippen LogP) is 1.60. The van der Waals surface area contributed by atoms with E-state index in [0.29, 0.717) is 6.42 Å². The van der Waals surface area contributed by atoms with E-state index in [-0.39, 0.29) is 17.3 Å². The number of rotatable bonds is 6. The number of carboxylic acids is 1. The van der Waals surface area contributed by atoms with Gasteiger partial charge in [0.05, 0.1) is 5.69 Å². The molecule has 2 unspecified atom stereocenters. The Kier molecular flexibility index (Phi) is 5.63. The first kappa shape index (κ1) is 18.3. The van der Waals surface area contributed by atoms with E-state index < -0.39 is 29.3 Å². The van der Waals surface area contributed by atoms with Crippen molar-refractivity contribution >= 4 is 11.9 Å². The van der Waals surface area contributed by atoms with Crippen LogP contribution in [0.1, 0.15) is 30.8 Å². The summed E-state index contributed by atoms with van der Waals surface area (Å²) in [7, 11) is 0. The highest BCUT2D eigenvalue weighted by Crippen LogP contribution is 2.09. The van der Waals surface area contributed by atoms with Crippen molar-refractivity contribution in [2.75, 3.05) is 0 Å². The van der Waals surface area contributed by atoms with Crippen LogP contribution in [0.4, 0.5) is 4.39 Å². The molecule has 132 valence electrons. The summed E-state index contributed by atoms with van der Waals surface area (Å²) < 4.78 is 14.0. The fourth-order valence-electron chi connectivity index (χ4n) is 2.20. The summed E-state index contributed by atoms with van der Waals surface area (Å²) in [6, 6.07) is 6.33. The van der Waals surface area contributed by atoms with Crippen LogP contribution in [-0.4, -0.2) is 32.8 Å². The second-order valence-electron chi connectivity index (χ2n) is 5.62. The largest absolute Gasteiger partial charge is 0.480 e. The number of nitrogens with one attached hydrogen (secondary N) is 1. The normalized spacial score (nSPS) is 13.1. The average molecular weight is 347 g/mol. The third kappa shape index (κ3) is 4.28. The number of carbonyl (C=O) groups is 2. The number of carbonyl (C=O) groups excluding carboxylic acids is 1. The molecule has 7 nitrogen and oxygen atoms in total. The van der Waals surface area contributed by atoms with Crippen LogP contribution in [-0.2, 0) is 4.79 Å². The average Bonchev–Trinajstić information content (AvgIpc) is 2.59. The number of amides is 1. The standard InChI is InChI=1S/C17H18FN3O4/c1-3-10(2)15(17(24)25)19-16(23)13-8-9-14(22)21(20-13)12-6-4-11(18)5-7-12/h4-10,15H,3H2,1-2H3,(H,19,23)(H,24,25). The van der Waals surface area contributed by atoms with E-state index in [2.05, 4.69) is 10.4 Å². The van der Waals surface area contributed by atoms with Crippen LogP contribution in [0.25, 0.3) is 5.69 Å². The number of carboxylic acid groups (broad SMARTS) is 1. The van der Waals surface area contributed by atoms with Crippen LogP contribution in [0.15, 0.2) is 41.2 Å². The lowest BCUT2D eigenvalue weighted by Gasteiger charge is -2.19. The maximum absolute atomic E-state index is 13.0. The number of hydrogen-bond acceptors (Lipinski definition) is 4. The van der Waals surface area contributed by atoms with E-state index in [1.165, 1.54) is 30.3 Å². The highest BCUT2D eigenvalue weighted by atomic mass is 19.1. The van der Waals surface area contributed by atoms with Crippen LogP contribution in [0.5, 0.6) is 0 Å². The lowest BCUT2D eigenvalue weighted by atomic mass is 9.99. The molecule has 0 aliphatic heterocycles. The Hall–Kier alpha value is -3.03. The summed E-state index contributed by atoms with van der Waals surface area (Å²) in [4.78, 5) is 35.6. The Balaban J connectivity index is 2.32. The van der Waals surface area contributed by atoms with Gasteiger partial charge in [-0.15, -0.1) is 0 Å². The Morgan fingerprint density at radius 3 is 2.44 bits per heavy atom. The van der Waals surface area contributed by atoms with Gasteiger partial charge in [-0.05, 0) is 36.2 Å². The molecule has 8 heteroatoms. The van der Waals surface area contributed by atoms with Gasteiger partial charge < -0.3 is 10.4 Å². The van der Waals surface area contributed by atoms with Crippen molar-refractivity contribution in [3.63, 3.8) is 0 Å². The van der Waals surface area contributed by atoms with Crippen molar-refractivity contribution < 1.29 is 19.1 Å². The maximum atomic E-state index is 13.0. The number of hydrogen-bond donors (Lipinski definition) is 2. The summed E-state index contributed by atoms with van der Waals surface area (Å²) >= 11 is 0. The van der Waals surface area contributed by atoms with Crippen LogP contribution in [0.3, 0.4) is 0 Å². The summed E-state index contributed by atoms with van der Waals surface area (Å²) in [5.74, 6) is -2.59. The minimum atomic E-state index is -1.14. The predicted molar refractivity (Wildman–Crippen MR) is 88.1 cm³/mol. The minimum absolute atomic E-state index is 0.113. The van der Waals surface area contributed by atoms with Crippen molar-refractivity contribution in [2.24, 2.45) is 5.92 Å². The summed E-state index contributed by atoms with van der Waals surface area (Å²) in [5, 5.41) is 15.6. The van der Waals surface area contributed by atoms with Crippen molar-refractivity contribution in [3.05, 3.63) is 58.3 Å². The van der Waals surface area contributed by atoms with Gasteiger partial charge >= 0.3 is 5.97 Å². The molecule has 1 heterocycles. The second kappa shape index (κ2) is 7.69. The van der Waals surface area contributed by atoms with E-state index in [1.54, 1.807) is 6.92 Å². The zero-order chi connectivity index (χ0) is 18.6. The first-order chi connectivity index (χ1) is 11.8. The molecule has 0 saturated carbocycles. The SMILES string of the molecule is CCC(C)C(NC(=O)c1ccc(=O)n(-c2ccc(F)cc2)n1)C(=O)O. The van der Waals surface area contributed by atoms with Gasteiger partial charge in [-0.2, -0.15) is 9.78 Å². The van der Waals surface area contributed by atoms with Crippen LogP contribution in [0, 0.1) is 11.7 Å². The molecule has 0 spiro atoms. The molecule has 1 aromatic carbocycles. The maximum Gasteiger partial charge on any atom is 0.326 e. The molecule has 2 N–H and O–H groups in total. The Bertz CT molecular complexity index is 833. The number of aliphatic carboxylic acids is 1. The van der Waals surface area contributed by atoms with Gasteiger partial charge in [-0.25, -0.2) is 9.18 Å². The van der Waals surface area contributed by atoms with Crippen LogP contribution >= 0.6 is 0 Å². The first-order valence-corrected chi connectivity index (χ1v) is 7.73. The molecule has 1 amide bonds. The van der Waals surface area contributed by atoms with E-state index in [0.717, 1.165) is 10.7 Å². The molecule has 0 aliphatic rings. The Labute approximate surface area is 143 Å². The smallest absolute Gasteiger partial charge is 0.326 e. The van der Waals surface area contributed by atoms with Crippen LogP contribution in [0.2, 0.25) is 0 Å². The lowest BCUT2D eigenvalue weighted by molar-refractivity contribution is -0.140. The molecule has 2 aromatic rings. The highest BCUT2D eigenvalue weighted by molar-refractivity contribution is 5.94. The molecule has 0 bridgehead atoms. The Morgan fingerprint density at radius 1 is 1.24 bits per heavy atom. The molecule has 0 radical (unpaired) electrons. The van der Waals surface area contributed by atoms with Gasteiger partial charge in [0.2, 0.25) is 0 Å². The molecular weight excluding hydrogens is 329 g/mol. The number of aromatic nitrogens is 2. The number of nitrogens with zero attached hydrogens (tertiary/aromatic N) is 2. The van der Waals surface area contributed by atoms with Gasteiger partial charge in [0.25, 0.3) is 11.5 Å². The fraction of sp³-hybridized carbons (Fsp3) is 0.294. The third-order valence-corrected chi connectivity index (χ3v) is 3.87. The summed E-state index contributed by atoms with van der Waals surface area (Å²) in [6.07, 6.45) is 0.569. The molecule has 1 aromatic heterocycles. The topological polar surface area (TPSA) is 101 Å². The van der Waals surface area contributed by atoms with Gasteiger partial charge in [-0.1, -0.05) is 20.3 Å². The molecular formula is C17H18FN3O4. The van der Waals surface area contributed by atoms with Crippen molar-refractivity contribution in [2.45, 2.75) is 26.3 Å². The Morgan fingerprint density at radius 2 is 1.88 bits per heavy atom. The number of benzene rings is 1. The zero-order valence-corrected chi connectivity index (χ0v) is 13.8.